The molecule has 1 aromatic heterocycles. The maximum atomic E-state index is 11.9. The number of benzene rings is 1. The Hall–Kier alpha value is -1.79. The van der Waals surface area contributed by atoms with Gasteiger partial charge < -0.3 is 11.1 Å². The van der Waals surface area contributed by atoms with Gasteiger partial charge in [-0.15, -0.1) is 11.3 Å². The van der Waals surface area contributed by atoms with Gasteiger partial charge in [0.1, 0.15) is 4.99 Å². The molecule has 0 radical (unpaired) electrons. The molecular weight excluding hydrogens is 278 g/mol. The van der Waals surface area contributed by atoms with Gasteiger partial charge in [-0.2, -0.15) is 0 Å². The molecule has 4 nitrogen and oxygen atoms in total. The first-order valence-corrected chi connectivity index (χ1v) is 7.02. The molecule has 1 heterocycles. The number of nitrogens with zero attached hydrogens (tertiary/aromatic N) is 1. The van der Waals surface area contributed by atoms with Crippen molar-refractivity contribution in [3.63, 3.8) is 0 Å². The Bertz CT molecular complexity index is 581. The molecular formula is C13H13N3OS2. The number of nitrogens with one attached hydrogen (secondary N) is 1. The van der Waals surface area contributed by atoms with Crippen LogP contribution in [-0.4, -0.2) is 22.4 Å². The van der Waals surface area contributed by atoms with Gasteiger partial charge in [-0.25, -0.2) is 4.98 Å². The van der Waals surface area contributed by atoms with Gasteiger partial charge in [-0.3, -0.25) is 4.79 Å². The highest BCUT2D eigenvalue weighted by Crippen LogP contribution is 2.06. The van der Waals surface area contributed by atoms with E-state index in [1.165, 1.54) is 0 Å². The zero-order chi connectivity index (χ0) is 13.7. The third-order valence-corrected chi connectivity index (χ3v) is 3.59. The van der Waals surface area contributed by atoms with Crippen LogP contribution in [0.4, 0.5) is 0 Å². The summed E-state index contributed by atoms with van der Waals surface area (Å²) >= 11 is 6.47. The molecule has 0 fully saturated rings. The number of thiocarbonyl (C=S) groups is 1. The number of carbonyl (C=O) groups excluding carboxylic acids is 1. The largest absolute Gasteiger partial charge is 0.389 e. The Balaban J connectivity index is 1.92. The van der Waals surface area contributed by atoms with E-state index >= 15 is 0 Å². The monoisotopic (exact) mass is 291 g/mol. The molecule has 0 atom stereocenters. The van der Waals surface area contributed by atoms with Crippen molar-refractivity contribution in [3.05, 3.63) is 52.0 Å². The first-order valence-electron chi connectivity index (χ1n) is 5.73. The number of rotatable bonds is 5. The van der Waals surface area contributed by atoms with Crippen LogP contribution in [0, 0.1) is 0 Å². The van der Waals surface area contributed by atoms with E-state index in [1.807, 2.05) is 5.38 Å². The van der Waals surface area contributed by atoms with Crippen molar-refractivity contribution in [1.82, 2.24) is 10.3 Å². The van der Waals surface area contributed by atoms with Crippen LogP contribution >= 0.6 is 23.6 Å². The quantitative estimate of drug-likeness (QED) is 0.824. The van der Waals surface area contributed by atoms with Crippen molar-refractivity contribution in [3.8, 4) is 0 Å². The molecule has 0 unspecified atom stereocenters. The minimum atomic E-state index is -0.130. The molecule has 3 N–H and O–H groups in total. The van der Waals surface area contributed by atoms with E-state index in [1.54, 1.807) is 41.8 Å². The maximum absolute atomic E-state index is 11.9. The molecule has 19 heavy (non-hydrogen) atoms. The Kier molecular flexibility index (Phi) is 4.59. The van der Waals surface area contributed by atoms with Crippen molar-refractivity contribution in [1.29, 1.82) is 0 Å². The topological polar surface area (TPSA) is 68.0 Å². The third-order valence-electron chi connectivity index (χ3n) is 2.52. The molecule has 98 valence electrons. The highest BCUT2D eigenvalue weighted by molar-refractivity contribution is 7.80. The number of carbonyl (C=O) groups is 1. The molecule has 0 saturated heterocycles. The van der Waals surface area contributed by atoms with E-state index in [-0.39, 0.29) is 10.9 Å². The van der Waals surface area contributed by atoms with Crippen LogP contribution in [0.5, 0.6) is 0 Å². The average molecular weight is 291 g/mol. The molecule has 1 amide bonds. The minimum Gasteiger partial charge on any atom is -0.389 e. The van der Waals surface area contributed by atoms with Crippen LogP contribution in [0.2, 0.25) is 0 Å². The second-order valence-corrected chi connectivity index (χ2v) is 5.30. The summed E-state index contributed by atoms with van der Waals surface area (Å²) in [5.74, 6) is -0.130. The zero-order valence-electron chi connectivity index (χ0n) is 10.1. The second kappa shape index (κ2) is 6.40. The SMILES string of the molecule is NC(=S)c1cccc(C(=O)NCCc2nccs2)c1. The number of amides is 1. The molecule has 0 saturated carbocycles. The fourth-order valence-electron chi connectivity index (χ4n) is 1.58. The fourth-order valence-corrected chi connectivity index (χ4v) is 2.32. The minimum absolute atomic E-state index is 0.130. The van der Waals surface area contributed by atoms with Gasteiger partial charge in [-0.1, -0.05) is 24.4 Å². The van der Waals surface area contributed by atoms with Gasteiger partial charge >= 0.3 is 0 Å². The highest BCUT2D eigenvalue weighted by atomic mass is 32.1. The van der Waals surface area contributed by atoms with Gasteiger partial charge in [0.05, 0.1) is 5.01 Å². The van der Waals surface area contributed by atoms with Crippen molar-refractivity contribution in [2.24, 2.45) is 5.73 Å². The lowest BCUT2D eigenvalue weighted by Gasteiger charge is -2.05. The number of nitrogens with two attached hydrogens (primary N) is 1. The summed E-state index contributed by atoms with van der Waals surface area (Å²) in [6, 6.07) is 6.99. The molecule has 0 aliphatic carbocycles. The van der Waals surface area contributed by atoms with E-state index in [0.717, 1.165) is 11.4 Å². The summed E-state index contributed by atoms with van der Waals surface area (Å²) in [6.07, 6.45) is 2.49. The van der Waals surface area contributed by atoms with E-state index in [9.17, 15) is 4.79 Å². The molecule has 2 rings (SSSR count). The normalized spacial score (nSPS) is 10.1. The lowest BCUT2D eigenvalue weighted by atomic mass is 10.1. The second-order valence-electron chi connectivity index (χ2n) is 3.88. The van der Waals surface area contributed by atoms with E-state index < -0.39 is 0 Å². The zero-order valence-corrected chi connectivity index (χ0v) is 11.8. The van der Waals surface area contributed by atoms with Crippen LogP contribution in [0.25, 0.3) is 0 Å². The van der Waals surface area contributed by atoms with Gasteiger partial charge in [0.15, 0.2) is 0 Å². The van der Waals surface area contributed by atoms with Gasteiger partial charge in [0.2, 0.25) is 0 Å². The highest BCUT2D eigenvalue weighted by Gasteiger charge is 2.07. The summed E-state index contributed by atoms with van der Waals surface area (Å²) in [4.78, 5) is 16.4. The summed E-state index contributed by atoms with van der Waals surface area (Å²) in [6.45, 7) is 0.559. The average Bonchev–Trinajstić information content (AvgIpc) is 2.92. The third kappa shape index (κ3) is 3.84. The predicted molar refractivity (Wildman–Crippen MR) is 80.5 cm³/mol. The van der Waals surface area contributed by atoms with Gasteiger partial charge in [-0.05, 0) is 12.1 Å². The standard InChI is InChI=1S/C13H13N3OS2/c14-12(18)9-2-1-3-10(8-9)13(17)16-5-4-11-15-6-7-19-11/h1-3,6-8H,4-5H2,(H2,14,18)(H,16,17). The maximum Gasteiger partial charge on any atom is 0.251 e. The first kappa shape index (κ1) is 13.6. The molecule has 0 aliphatic heterocycles. The Morgan fingerprint density at radius 3 is 2.89 bits per heavy atom. The van der Waals surface area contributed by atoms with Crippen molar-refractivity contribution >= 4 is 34.5 Å². The molecule has 0 aliphatic rings. The van der Waals surface area contributed by atoms with Crippen molar-refractivity contribution in [2.75, 3.05) is 6.54 Å². The number of thiazole rings is 1. The smallest absolute Gasteiger partial charge is 0.251 e. The predicted octanol–water partition coefficient (Wildman–Crippen LogP) is 1.75. The molecule has 6 heteroatoms. The lowest BCUT2D eigenvalue weighted by Crippen LogP contribution is -2.26. The summed E-state index contributed by atoms with van der Waals surface area (Å²) in [5.41, 5.74) is 6.80. The van der Waals surface area contributed by atoms with Gasteiger partial charge in [0.25, 0.3) is 5.91 Å². The molecule has 1 aromatic carbocycles. The van der Waals surface area contributed by atoms with Crippen LogP contribution < -0.4 is 11.1 Å². The fraction of sp³-hybridized carbons (Fsp3) is 0.154. The van der Waals surface area contributed by atoms with Gasteiger partial charge in [0, 0.05) is 35.7 Å². The Morgan fingerprint density at radius 2 is 2.21 bits per heavy atom. The summed E-state index contributed by atoms with van der Waals surface area (Å²) in [5, 5.41) is 5.78. The number of hydrogen-bond acceptors (Lipinski definition) is 4. The number of hydrogen-bond donors (Lipinski definition) is 2. The summed E-state index contributed by atoms with van der Waals surface area (Å²) in [7, 11) is 0. The molecule has 0 bridgehead atoms. The van der Waals surface area contributed by atoms with E-state index in [2.05, 4.69) is 10.3 Å². The first-order chi connectivity index (χ1) is 9.16. The number of aromatic nitrogens is 1. The van der Waals surface area contributed by atoms with Crippen LogP contribution in [0.3, 0.4) is 0 Å². The Morgan fingerprint density at radius 1 is 1.42 bits per heavy atom. The molecule has 2 aromatic rings. The van der Waals surface area contributed by atoms with Crippen molar-refractivity contribution in [2.45, 2.75) is 6.42 Å². The van der Waals surface area contributed by atoms with Crippen molar-refractivity contribution < 1.29 is 4.79 Å². The Labute approximate surface area is 120 Å². The summed E-state index contributed by atoms with van der Waals surface area (Å²) < 4.78 is 0. The van der Waals surface area contributed by atoms with Crippen LogP contribution in [0.15, 0.2) is 35.8 Å². The van der Waals surface area contributed by atoms with Crippen LogP contribution in [0.1, 0.15) is 20.9 Å². The lowest BCUT2D eigenvalue weighted by molar-refractivity contribution is 0.0954. The van der Waals surface area contributed by atoms with E-state index in [4.69, 9.17) is 18.0 Å². The van der Waals surface area contributed by atoms with Crippen LogP contribution in [-0.2, 0) is 6.42 Å². The van der Waals surface area contributed by atoms with E-state index in [0.29, 0.717) is 17.7 Å². The molecule has 0 spiro atoms.